The topological polar surface area (TPSA) is 51.5 Å². The molecule has 1 fully saturated rings. The summed E-state index contributed by atoms with van der Waals surface area (Å²) in [5.41, 5.74) is 0.800. The molecule has 0 atom stereocenters. The molecule has 0 unspecified atom stereocenters. The summed E-state index contributed by atoms with van der Waals surface area (Å²) in [5.74, 6) is 0. The number of hydrogen-bond donors (Lipinski definition) is 2. The molecule has 106 valence electrons. The van der Waals surface area contributed by atoms with Crippen LogP contribution in [0.4, 0.5) is 0 Å². The third kappa shape index (κ3) is 2.67. The van der Waals surface area contributed by atoms with Crippen LogP contribution in [0, 0.1) is 4.77 Å². The normalized spacial score (nSPS) is 16.6. The minimum Gasteiger partial charge on any atom is -0.370 e. The van der Waals surface area contributed by atoms with Gasteiger partial charge in [0.2, 0.25) is 0 Å². The number of aromatic amines is 1. The highest BCUT2D eigenvalue weighted by Gasteiger charge is 2.14. The summed E-state index contributed by atoms with van der Waals surface area (Å²) in [4.78, 5) is 17.1. The number of quaternary nitrogens is 1. The molecule has 1 aliphatic rings. The van der Waals surface area contributed by atoms with E-state index in [4.69, 9.17) is 17.0 Å². The summed E-state index contributed by atoms with van der Waals surface area (Å²) in [6, 6.07) is 7.48. The average molecular weight is 292 g/mol. The van der Waals surface area contributed by atoms with Crippen LogP contribution in [-0.2, 0) is 11.3 Å². The van der Waals surface area contributed by atoms with Gasteiger partial charge in [0, 0.05) is 0 Å². The first-order valence-corrected chi connectivity index (χ1v) is 7.30. The van der Waals surface area contributed by atoms with Gasteiger partial charge in [0.1, 0.15) is 13.1 Å². The van der Waals surface area contributed by atoms with Gasteiger partial charge in [-0.15, -0.1) is 0 Å². The van der Waals surface area contributed by atoms with Crippen molar-refractivity contribution in [1.82, 2.24) is 9.55 Å². The molecule has 20 heavy (non-hydrogen) atoms. The first-order chi connectivity index (χ1) is 9.75. The van der Waals surface area contributed by atoms with Crippen LogP contribution in [0.1, 0.15) is 0 Å². The van der Waals surface area contributed by atoms with Crippen LogP contribution in [0.2, 0.25) is 0 Å². The van der Waals surface area contributed by atoms with Gasteiger partial charge in [0.05, 0.1) is 37.2 Å². The van der Waals surface area contributed by atoms with Gasteiger partial charge in [-0.2, -0.15) is 0 Å². The number of aromatic nitrogens is 2. The van der Waals surface area contributed by atoms with E-state index >= 15 is 0 Å². The largest absolute Gasteiger partial charge is 0.370 e. The molecule has 0 radical (unpaired) electrons. The molecule has 1 aromatic heterocycles. The van der Waals surface area contributed by atoms with Crippen LogP contribution in [0.5, 0.6) is 0 Å². The number of nitrogens with zero attached hydrogens (tertiary/aromatic N) is 1. The molecule has 0 saturated carbocycles. The Morgan fingerprint density at radius 3 is 2.85 bits per heavy atom. The molecule has 0 aliphatic carbocycles. The average Bonchev–Trinajstić information content (AvgIpc) is 2.48. The number of nitrogens with one attached hydrogen (secondary N) is 2. The van der Waals surface area contributed by atoms with E-state index < -0.39 is 0 Å². The number of para-hydroxylation sites is 1. The Kier molecular flexibility index (Phi) is 3.95. The van der Waals surface area contributed by atoms with Crippen molar-refractivity contribution in [1.29, 1.82) is 0 Å². The van der Waals surface area contributed by atoms with Crippen molar-refractivity contribution < 1.29 is 9.64 Å². The molecule has 2 heterocycles. The van der Waals surface area contributed by atoms with E-state index in [9.17, 15) is 4.79 Å². The highest BCUT2D eigenvalue weighted by molar-refractivity contribution is 7.71. The van der Waals surface area contributed by atoms with Crippen LogP contribution in [-0.4, -0.2) is 42.4 Å². The molecule has 1 saturated heterocycles. The van der Waals surface area contributed by atoms with Gasteiger partial charge in [-0.25, -0.2) is 0 Å². The molecular weight excluding hydrogens is 274 g/mol. The lowest BCUT2D eigenvalue weighted by molar-refractivity contribution is -0.908. The molecule has 3 rings (SSSR count). The molecule has 2 aromatic rings. The molecule has 6 heteroatoms. The summed E-state index contributed by atoms with van der Waals surface area (Å²) >= 11 is 5.31. The lowest BCUT2D eigenvalue weighted by Gasteiger charge is -2.23. The Bertz CT molecular complexity index is 716. The molecule has 0 spiro atoms. The Morgan fingerprint density at radius 2 is 2.05 bits per heavy atom. The van der Waals surface area contributed by atoms with Gasteiger partial charge < -0.3 is 14.6 Å². The first kappa shape index (κ1) is 13.5. The Balaban J connectivity index is 1.87. The number of fused-ring (bicyclic) bond motifs is 1. The smallest absolute Gasteiger partial charge is 0.262 e. The summed E-state index contributed by atoms with van der Waals surface area (Å²) in [6.45, 7) is 5.15. The highest BCUT2D eigenvalue weighted by Crippen LogP contribution is 2.05. The maximum atomic E-state index is 12.5. The Hall–Kier alpha value is -1.50. The van der Waals surface area contributed by atoms with E-state index in [0.717, 1.165) is 38.4 Å². The molecule has 1 aliphatic heterocycles. The van der Waals surface area contributed by atoms with Crippen molar-refractivity contribution >= 4 is 23.1 Å². The fourth-order valence-corrected chi connectivity index (χ4v) is 2.87. The first-order valence-electron chi connectivity index (χ1n) is 6.89. The van der Waals surface area contributed by atoms with Crippen LogP contribution in [0.3, 0.4) is 0 Å². The number of ether oxygens (including phenoxy) is 1. The molecule has 2 N–H and O–H groups in total. The van der Waals surface area contributed by atoms with Crippen molar-refractivity contribution in [2.75, 3.05) is 32.8 Å². The van der Waals surface area contributed by atoms with Crippen molar-refractivity contribution in [2.24, 2.45) is 0 Å². The van der Waals surface area contributed by atoms with Gasteiger partial charge in [-0.3, -0.25) is 9.36 Å². The summed E-state index contributed by atoms with van der Waals surface area (Å²) in [5, 5.41) is 0.693. The van der Waals surface area contributed by atoms with Crippen molar-refractivity contribution in [2.45, 2.75) is 6.54 Å². The quantitative estimate of drug-likeness (QED) is 0.782. The second-order valence-corrected chi connectivity index (χ2v) is 5.43. The maximum absolute atomic E-state index is 12.5. The minimum absolute atomic E-state index is 0.00277. The molecule has 0 bridgehead atoms. The Labute approximate surface area is 121 Å². The van der Waals surface area contributed by atoms with Crippen LogP contribution >= 0.6 is 12.2 Å². The van der Waals surface area contributed by atoms with E-state index in [0.29, 0.717) is 16.7 Å². The zero-order valence-electron chi connectivity index (χ0n) is 11.2. The van der Waals surface area contributed by atoms with E-state index in [1.165, 1.54) is 4.90 Å². The number of morpholine rings is 1. The van der Waals surface area contributed by atoms with E-state index in [-0.39, 0.29) is 5.56 Å². The van der Waals surface area contributed by atoms with Crippen LogP contribution in [0.15, 0.2) is 29.1 Å². The predicted octanol–water partition coefficient (Wildman–Crippen LogP) is -0.0258. The predicted molar refractivity (Wildman–Crippen MR) is 79.8 cm³/mol. The molecule has 5 nitrogen and oxygen atoms in total. The lowest BCUT2D eigenvalue weighted by atomic mass is 10.2. The van der Waals surface area contributed by atoms with Crippen molar-refractivity contribution in [3.8, 4) is 0 Å². The molecule has 0 amide bonds. The Morgan fingerprint density at radius 1 is 1.30 bits per heavy atom. The van der Waals surface area contributed by atoms with Gasteiger partial charge in [0.15, 0.2) is 4.77 Å². The fraction of sp³-hybridized carbons (Fsp3) is 0.429. The number of H-pyrrole nitrogens is 1. The van der Waals surface area contributed by atoms with E-state index in [1.54, 1.807) is 4.57 Å². The SMILES string of the molecule is O=c1c2ccccc2[nH]c(=S)n1CC[NH+]1CCOCC1. The summed E-state index contributed by atoms with van der Waals surface area (Å²) < 4.78 is 7.51. The van der Waals surface area contributed by atoms with Crippen LogP contribution in [0.25, 0.3) is 10.9 Å². The van der Waals surface area contributed by atoms with Gasteiger partial charge in [-0.1, -0.05) is 12.1 Å². The second-order valence-electron chi connectivity index (χ2n) is 5.04. The van der Waals surface area contributed by atoms with Gasteiger partial charge >= 0.3 is 0 Å². The summed E-state index contributed by atoms with van der Waals surface area (Å²) in [6.07, 6.45) is 0. The molecular formula is C14H18N3O2S+. The number of benzene rings is 1. The molecule has 1 aromatic carbocycles. The number of rotatable bonds is 3. The third-order valence-corrected chi connectivity index (χ3v) is 4.10. The monoisotopic (exact) mass is 292 g/mol. The maximum Gasteiger partial charge on any atom is 0.262 e. The van der Waals surface area contributed by atoms with Gasteiger partial charge in [0.25, 0.3) is 5.56 Å². The zero-order valence-corrected chi connectivity index (χ0v) is 12.0. The van der Waals surface area contributed by atoms with Crippen LogP contribution < -0.4 is 10.5 Å². The fourth-order valence-electron chi connectivity index (χ4n) is 2.58. The zero-order chi connectivity index (χ0) is 13.9. The van der Waals surface area contributed by atoms with E-state index in [1.807, 2.05) is 24.3 Å². The minimum atomic E-state index is -0.00277. The lowest BCUT2D eigenvalue weighted by Crippen LogP contribution is -3.14. The number of hydrogen-bond acceptors (Lipinski definition) is 3. The van der Waals surface area contributed by atoms with Crippen molar-refractivity contribution in [3.63, 3.8) is 0 Å². The van der Waals surface area contributed by atoms with Crippen molar-refractivity contribution in [3.05, 3.63) is 39.4 Å². The van der Waals surface area contributed by atoms with Gasteiger partial charge in [-0.05, 0) is 24.4 Å². The standard InChI is InChI=1S/C14H17N3O2S/c18-13-11-3-1-2-4-12(11)15-14(20)17(13)6-5-16-7-9-19-10-8-16/h1-4H,5-10H2,(H,15,20)/p+1. The third-order valence-electron chi connectivity index (χ3n) is 3.78. The second kappa shape index (κ2) is 5.87. The van der Waals surface area contributed by atoms with E-state index in [2.05, 4.69) is 4.98 Å². The highest BCUT2D eigenvalue weighted by atomic mass is 32.1. The summed E-state index contributed by atoms with van der Waals surface area (Å²) in [7, 11) is 0.